The Labute approximate surface area is 96.7 Å². The molecule has 1 aliphatic heterocycles. The summed E-state index contributed by atoms with van der Waals surface area (Å²) in [6, 6.07) is 6.73. The fourth-order valence-electron chi connectivity index (χ4n) is 2.41. The minimum absolute atomic E-state index is 0.772. The third kappa shape index (κ3) is 2.37. The van der Waals surface area contributed by atoms with Crippen LogP contribution in [0.25, 0.3) is 0 Å². The molecule has 1 N–H and O–H groups in total. The Morgan fingerprint density at radius 3 is 2.67 bits per heavy atom. The van der Waals surface area contributed by atoms with Crippen LogP contribution >= 0.6 is 11.8 Å². The van der Waals surface area contributed by atoms with Gasteiger partial charge in [-0.05, 0) is 56.2 Å². The summed E-state index contributed by atoms with van der Waals surface area (Å²) < 4.78 is 0. The zero-order valence-corrected chi connectivity index (χ0v) is 10.4. The van der Waals surface area contributed by atoms with Crippen molar-refractivity contribution >= 4 is 11.8 Å². The van der Waals surface area contributed by atoms with Crippen LogP contribution in [-0.2, 0) is 0 Å². The molecule has 1 aromatic rings. The number of hydrogen-bond acceptors (Lipinski definition) is 2. The second kappa shape index (κ2) is 5.04. The predicted molar refractivity (Wildman–Crippen MR) is 67.8 cm³/mol. The second-order valence-electron chi connectivity index (χ2n) is 4.22. The van der Waals surface area contributed by atoms with Gasteiger partial charge in [0.15, 0.2) is 0 Å². The van der Waals surface area contributed by atoms with E-state index in [1.165, 1.54) is 36.4 Å². The largest absolute Gasteiger partial charge is 0.317 e. The maximum atomic E-state index is 3.43. The van der Waals surface area contributed by atoms with Gasteiger partial charge in [0.05, 0.1) is 0 Å². The number of nitrogens with one attached hydrogen (secondary N) is 1. The van der Waals surface area contributed by atoms with E-state index in [0.717, 1.165) is 5.92 Å². The van der Waals surface area contributed by atoms with Crippen LogP contribution in [0.3, 0.4) is 0 Å². The standard InChI is InChI=1S/C13H19NS/c1-10-4-3-5-12(13(10)15-2)11-6-8-14-9-7-11/h3-5,11,14H,6-9H2,1-2H3. The molecule has 2 rings (SSSR count). The SMILES string of the molecule is CSc1c(C)cccc1C1CCNCC1. The molecule has 0 amide bonds. The van der Waals surface area contributed by atoms with E-state index in [0.29, 0.717) is 0 Å². The molecule has 0 aromatic heterocycles. The van der Waals surface area contributed by atoms with Crippen LogP contribution in [0.4, 0.5) is 0 Å². The zero-order valence-electron chi connectivity index (χ0n) is 9.55. The van der Waals surface area contributed by atoms with E-state index in [4.69, 9.17) is 0 Å². The van der Waals surface area contributed by atoms with E-state index in [2.05, 4.69) is 36.7 Å². The molecule has 0 atom stereocenters. The lowest BCUT2D eigenvalue weighted by Crippen LogP contribution is -2.26. The molecule has 0 spiro atoms. The highest BCUT2D eigenvalue weighted by atomic mass is 32.2. The maximum absolute atomic E-state index is 3.43. The van der Waals surface area contributed by atoms with Gasteiger partial charge >= 0.3 is 0 Å². The van der Waals surface area contributed by atoms with E-state index >= 15 is 0 Å². The van der Waals surface area contributed by atoms with Crippen LogP contribution in [-0.4, -0.2) is 19.3 Å². The van der Waals surface area contributed by atoms with Gasteiger partial charge in [0.2, 0.25) is 0 Å². The van der Waals surface area contributed by atoms with Crippen molar-refractivity contribution in [1.29, 1.82) is 0 Å². The second-order valence-corrected chi connectivity index (χ2v) is 5.04. The van der Waals surface area contributed by atoms with Gasteiger partial charge in [-0.25, -0.2) is 0 Å². The van der Waals surface area contributed by atoms with Crippen LogP contribution in [0.1, 0.15) is 29.9 Å². The number of benzene rings is 1. The topological polar surface area (TPSA) is 12.0 Å². The highest BCUT2D eigenvalue weighted by molar-refractivity contribution is 7.98. The monoisotopic (exact) mass is 221 g/mol. The third-order valence-corrected chi connectivity index (χ3v) is 4.19. The Balaban J connectivity index is 2.29. The van der Waals surface area contributed by atoms with Gasteiger partial charge in [-0.3, -0.25) is 0 Å². The quantitative estimate of drug-likeness (QED) is 0.770. The van der Waals surface area contributed by atoms with Crippen LogP contribution in [0.5, 0.6) is 0 Å². The van der Waals surface area contributed by atoms with Crippen LogP contribution < -0.4 is 5.32 Å². The lowest BCUT2D eigenvalue weighted by atomic mass is 9.89. The summed E-state index contributed by atoms with van der Waals surface area (Å²) in [7, 11) is 0. The van der Waals surface area contributed by atoms with Crippen molar-refractivity contribution in [3.63, 3.8) is 0 Å². The molecule has 1 nitrogen and oxygen atoms in total. The Morgan fingerprint density at radius 2 is 2.00 bits per heavy atom. The van der Waals surface area contributed by atoms with Crippen molar-refractivity contribution in [3.8, 4) is 0 Å². The van der Waals surface area contributed by atoms with Crippen LogP contribution in [0, 0.1) is 6.92 Å². The van der Waals surface area contributed by atoms with Crippen molar-refractivity contribution < 1.29 is 0 Å². The number of rotatable bonds is 2. The molecule has 1 saturated heterocycles. The predicted octanol–water partition coefficient (Wildman–Crippen LogP) is 3.18. The van der Waals surface area contributed by atoms with Gasteiger partial charge in [-0.2, -0.15) is 0 Å². The molecule has 1 aromatic carbocycles. The highest BCUT2D eigenvalue weighted by Gasteiger charge is 2.18. The summed E-state index contributed by atoms with van der Waals surface area (Å²) in [5.41, 5.74) is 3.00. The van der Waals surface area contributed by atoms with Crippen LogP contribution in [0.2, 0.25) is 0 Å². The average molecular weight is 221 g/mol. The van der Waals surface area contributed by atoms with Crippen molar-refractivity contribution in [2.24, 2.45) is 0 Å². The Bertz CT molecular complexity index is 329. The van der Waals surface area contributed by atoms with Crippen LogP contribution in [0.15, 0.2) is 23.1 Å². The average Bonchev–Trinajstić information content (AvgIpc) is 2.30. The molecule has 2 heteroatoms. The Kier molecular flexibility index (Phi) is 3.71. The number of hydrogen-bond donors (Lipinski definition) is 1. The normalized spacial score (nSPS) is 18.0. The third-order valence-electron chi connectivity index (χ3n) is 3.23. The zero-order chi connectivity index (χ0) is 10.7. The summed E-state index contributed by atoms with van der Waals surface area (Å²) in [5.74, 6) is 0.772. The van der Waals surface area contributed by atoms with Gasteiger partial charge in [-0.1, -0.05) is 18.2 Å². The fraction of sp³-hybridized carbons (Fsp3) is 0.538. The molecular weight excluding hydrogens is 202 g/mol. The van der Waals surface area contributed by atoms with Gasteiger partial charge in [-0.15, -0.1) is 11.8 Å². The van der Waals surface area contributed by atoms with E-state index < -0.39 is 0 Å². The Morgan fingerprint density at radius 1 is 1.27 bits per heavy atom. The number of piperidine rings is 1. The summed E-state index contributed by atoms with van der Waals surface area (Å²) in [5, 5.41) is 3.43. The molecule has 0 unspecified atom stereocenters. The first-order valence-corrected chi connectivity index (χ1v) is 6.89. The first-order chi connectivity index (χ1) is 7.33. The lowest BCUT2D eigenvalue weighted by molar-refractivity contribution is 0.456. The molecule has 15 heavy (non-hydrogen) atoms. The molecule has 82 valence electrons. The van der Waals surface area contributed by atoms with Gasteiger partial charge < -0.3 is 5.32 Å². The lowest BCUT2D eigenvalue weighted by Gasteiger charge is -2.25. The number of aryl methyl sites for hydroxylation is 1. The van der Waals surface area contributed by atoms with E-state index in [1.54, 1.807) is 5.56 Å². The fourth-order valence-corrected chi connectivity index (χ4v) is 3.27. The van der Waals surface area contributed by atoms with Gasteiger partial charge in [0, 0.05) is 4.90 Å². The maximum Gasteiger partial charge on any atom is 0.0133 e. The van der Waals surface area contributed by atoms with Gasteiger partial charge in [0.1, 0.15) is 0 Å². The van der Waals surface area contributed by atoms with Crippen molar-refractivity contribution in [2.75, 3.05) is 19.3 Å². The molecule has 0 bridgehead atoms. The minimum Gasteiger partial charge on any atom is -0.317 e. The van der Waals surface area contributed by atoms with E-state index in [9.17, 15) is 0 Å². The smallest absolute Gasteiger partial charge is 0.0133 e. The molecule has 0 aliphatic carbocycles. The first-order valence-electron chi connectivity index (χ1n) is 5.67. The van der Waals surface area contributed by atoms with Gasteiger partial charge in [0.25, 0.3) is 0 Å². The molecule has 1 heterocycles. The van der Waals surface area contributed by atoms with Crippen molar-refractivity contribution in [3.05, 3.63) is 29.3 Å². The molecule has 1 aliphatic rings. The van der Waals surface area contributed by atoms with Crippen molar-refractivity contribution in [1.82, 2.24) is 5.32 Å². The molecule has 0 saturated carbocycles. The minimum atomic E-state index is 0.772. The molecular formula is C13H19NS. The summed E-state index contributed by atoms with van der Waals surface area (Å²) >= 11 is 1.90. The first kappa shape index (κ1) is 11.0. The summed E-state index contributed by atoms with van der Waals surface area (Å²) in [6.07, 6.45) is 4.76. The Hall–Kier alpha value is -0.470. The summed E-state index contributed by atoms with van der Waals surface area (Å²) in [4.78, 5) is 1.50. The van der Waals surface area contributed by atoms with Crippen molar-refractivity contribution in [2.45, 2.75) is 30.6 Å². The molecule has 0 radical (unpaired) electrons. The van der Waals surface area contributed by atoms with E-state index in [1.807, 2.05) is 11.8 Å². The molecule has 1 fully saturated rings. The summed E-state index contributed by atoms with van der Waals surface area (Å²) in [6.45, 7) is 4.56. The van der Waals surface area contributed by atoms with E-state index in [-0.39, 0.29) is 0 Å². The highest BCUT2D eigenvalue weighted by Crippen LogP contribution is 2.34. The number of thioether (sulfide) groups is 1.